The molecular formula is C9H11NO2S. The van der Waals surface area contributed by atoms with Crippen LogP contribution in [0.1, 0.15) is 19.3 Å². The van der Waals surface area contributed by atoms with Crippen LogP contribution in [-0.4, -0.2) is 28.9 Å². The van der Waals surface area contributed by atoms with Crippen molar-refractivity contribution in [2.75, 3.05) is 6.61 Å². The van der Waals surface area contributed by atoms with Gasteiger partial charge in [-0.15, -0.1) is 11.8 Å². The minimum absolute atomic E-state index is 0.255. The molecule has 3 rings (SSSR count). The van der Waals surface area contributed by atoms with Gasteiger partial charge in [-0.2, -0.15) is 0 Å². The van der Waals surface area contributed by atoms with E-state index >= 15 is 0 Å². The molecule has 2 fully saturated rings. The lowest BCUT2D eigenvalue weighted by Crippen LogP contribution is -2.44. The Morgan fingerprint density at radius 3 is 3.15 bits per heavy atom. The molecule has 0 N–H and O–H groups in total. The van der Waals surface area contributed by atoms with Crippen LogP contribution in [0.5, 0.6) is 0 Å². The third kappa shape index (κ3) is 1.12. The molecule has 3 heterocycles. The summed E-state index contributed by atoms with van der Waals surface area (Å²) in [4.78, 5) is 14.2. The van der Waals surface area contributed by atoms with Crippen molar-refractivity contribution in [2.45, 2.75) is 30.7 Å². The number of carbonyl (C=O) groups excluding carboxylic acids is 1. The molecule has 0 spiro atoms. The molecule has 0 aromatic rings. The highest BCUT2D eigenvalue weighted by Crippen LogP contribution is 2.44. The second kappa shape index (κ2) is 2.75. The standard InChI is InChI=1S/C9H11NO2S/c11-8-4-9-10(8)5-7(13-9)6-2-1-3-12-6/h5-6,9H,1-4H2/t6-,9+/m1/s1. The van der Waals surface area contributed by atoms with Crippen molar-refractivity contribution in [1.29, 1.82) is 0 Å². The van der Waals surface area contributed by atoms with Crippen LogP contribution in [0, 0.1) is 0 Å². The summed E-state index contributed by atoms with van der Waals surface area (Å²) in [5.74, 6) is 0.255. The number of thioether (sulfide) groups is 1. The van der Waals surface area contributed by atoms with Crippen LogP contribution in [0.15, 0.2) is 11.1 Å². The molecule has 4 heteroatoms. The van der Waals surface area contributed by atoms with E-state index in [9.17, 15) is 4.79 Å². The van der Waals surface area contributed by atoms with Crippen molar-refractivity contribution < 1.29 is 9.53 Å². The van der Waals surface area contributed by atoms with E-state index in [1.54, 1.807) is 11.8 Å². The van der Waals surface area contributed by atoms with Gasteiger partial charge in [0, 0.05) is 17.7 Å². The third-order valence-electron chi connectivity index (χ3n) is 2.73. The predicted molar refractivity (Wildman–Crippen MR) is 49.9 cm³/mol. The van der Waals surface area contributed by atoms with Crippen molar-refractivity contribution in [3.63, 3.8) is 0 Å². The number of β-lactam (4-membered cyclic amide) rings is 1. The number of amides is 1. The minimum atomic E-state index is 0.255. The van der Waals surface area contributed by atoms with Crippen LogP contribution < -0.4 is 0 Å². The number of rotatable bonds is 1. The predicted octanol–water partition coefficient (Wildman–Crippen LogP) is 1.31. The van der Waals surface area contributed by atoms with Gasteiger partial charge < -0.3 is 9.64 Å². The summed E-state index contributed by atoms with van der Waals surface area (Å²) in [5, 5.41) is 0.395. The molecule has 0 radical (unpaired) electrons. The summed E-state index contributed by atoms with van der Waals surface area (Å²) in [6, 6.07) is 0. The maximum Gasteiger partial charge on any atom is 0.230 e. The van der Waals surface area contributed by atoms with E-state index in [1.165, 1.54) is 4.91 Å². The topological polar surface area (TPSA) is 29.5 Å². The van der Waals surface area contributed by atoms with Crippen molar-refractivity contribution in [1.82, 2.24) is 4.90 Å². The molecule has 3 aliphatic heterocycles. The van der Waals surface area contributed by atoms with E-state index < -0.39 is 0 Å². The summed E-state index contributed by atoms with van der Waals surface area (Å²) in [5.41, 5.74) is 0. The maximum absolute atomic E-state index is 11.1. The number of hydrogen-bond donors (Lipinski definition) is 0. The molecule has 3 aliphatic rings. The number of ether oxygens (including phenoxy) is 1. The summed E-state index contributed by atoms with van der Waals surface area (Å²) < 4.78 is 5.57. The molecule has 13 heavy (non-hydrogen) atoms. The Hall–Kier alpha value is -0.480. The van der Waals surface area contributed by atoms with Gasteiger partial charge >= 0.3 is 0 Å². The molecule has 0 aliphatic carbocycles. The van der Waals surface area contributed by atoms with E-state index in [4.69, 9.17) is 4.74 Å². The molecule has 0 unspecified atom stereocenters. The third-order valence-corrected chi connectivity index (χ3v) is 4.04. The SMILES string of the molecule is O=C1C[C@@H]2SC([C@H]3CCCO3)=CN12. The molecule has 1 amide bonds. The van der Waals surface area contributed by atoms with E-state index in [-0.39, 0.29) is 12.0 Å². The molecule has 3 nitrogen and oxygen atoms in total. The second-order valence-electron chi connectivity index (χ2n) is 3.61. The van der Waals surface area contributed by atoms with Crippen molar-refractivity contribution >= 4 is 17.7 Å². The van der Waals surface area contributed by atoms with E-state index in [1.807, 2.05) is 11.1 Å². The van der Waals surface area contributed by atoms with E-state index in [2.05, 4.69) is 0 Å². The monoisotopic (exact) mass is 197 g/mol. The Morgan fingerprint density at radius 1 is 1.62 bits per heavy atom. The molecule has 0 aromatic carbocycles. The summed E-state index contributed by atoms with van der Waals surface area (Å²) in [7, 11) is 0. The van der Waals surface area contributed by atoms with Crippen LogP contribution in [0.3, 0.4) is 0 Å². The number of carbonyl (C=O) groups is 1. The average molecular weight is 197 g/mol. The van der Waals surface area contributed by atoms with Gasteiger partial charge in [0.1, 0.15) is 0 Å². The Bertz CT molecular complexity index is 283. The zero-order chi connectivity index (χ0) is 8.84. The van der Waals surface area contributed by atoms with Crippen molar-refractivity contribution in [3.8, 4) is 0 Å². The molecule has 0 saturated carbocycles. The first kappa shape index (κ1) is 7.88. The zero-order valence-electron chi connectivity index (χ0n) is 7.23. The number of fused-ring (bicyclic) bond motifs is 1. The molecule has 2 saturated heterocycles. The molecule has 2 atom stereocenters. The normalized spacial score (nSPS) is 37.4. The minimum Gasteiger partial charge on any atom is -0.373 e. The number of hydrogen-bond acceptors (Lipinski definition) is 3. The second-order valence-corrected chi connectivity index (χ2v) is 4.86. The fourth-order valence-corrected chi connectivity index (χ4v) is 3.28. The highest BCUT2D eigenvalue weighted by Gasteiger charge is 2.42. The lowest BCUT2D eigenvalue weighted by atomic mass is 10.2. The average Bonchev–Trinajstić information content (AvgIpc) is 2.69. The summed E-state index contributed by atoms with van der Waals surface area (Å²) in [6.07, 6.45) is 5.24. The molecule has 70 valence electrons. The first-order valence-corrected chi connectivity index (χ1v) is 5.54. The van der Waals surface area contributed by atoms with E-state index in [0.717, 1.165) is 19.4 Å². The van der Waals surface area contributed by atoms with Crippen molar-refractivity contribution in [2.24, 2.45) is 0 Å². The quantitative estimate of drug-likeness (QED) is 0.594. The fraction of sp³-hybridized carbons (Fsp3) is 0.667. The molecule has 0 aromatic heterocycles. The van der Waals surface area contributed by atoms with Crippen LogP contribution in [0.25, 0.3) is 0 Å². The summed E-state index contributed by atoms with van der Waals surface area (Å²) in [6.45, 7) is 0.876. The van der Waals surface area contributed by atoms with Gasteiger partial charge in [-0.05, 0) is 12.8 Å². The van der Waals surface area contributed by atoms with E-state index in [0.29, 0.717) is 11.8 Å². The zero-order valence-corrected chi connectivity index (χ0v) is 8.05. The van der Waals surface area contributed by atoms with Crippen molar-refractivity contribution in [3.05, 3.63) is 11.1 Å². The fourth-order valence-electron chi connectivity index (χ4n) is 1.94. The van der Waals surface area contributed by atoms with Gasteiger partial charge in [0.25, 0.3) is 0 Å². The van der Waals surface area contributed by atoms with Gasteiger partial charge in [-0.1, -0.05) is 0 Å². The lowest BCUT2D eigenvalue weighted by Gasteiger charge is -2.31. The lowest BCUT2D eigenvalue weighted by molar-refractivity contribution is -0.137. The number of nitrogens with zero attached hydrogens (tertiary/aromatic N) is 1. The Kier molecular flexibility index (Phi) is 1.67. The highest BCUT2D eigenvalue weighted by atomic mass is 32.2. The first-order chi connectivity index (χ1) is 6.34. The maximum atomic E-state index is 11.1. The van der Waals surface area contributed by atoms with Gasteiger partial charge in [0.2, 0.25) is 5.91 Å². The molecule has 0 bridgehead atoms. The van der Waals surface area contributed by atoms with Crippen LogP contribution >= 0.6 is 11.8 Å². The highest BCUT2D eigenvalue weighted by molar-refractivity contribution is 8.04. The Labute approximate surface area is 81.1 Å². The van der Waals surface area contributed by atoms with Crippen LogP contribution in [-0.2, 0) is 9.53 Å². The Morgan fingerprint density at radius 2 is 2.54 bits per heavy atom. The Balaban J connectivity index is 1.75. The van der Waals surface area contributed by atoms with Gasteiger partial charge in [-0.3, -0.25) is 4.79 Å². The largest absolute Gasteiger partial charge is 0.373 e. The summed E-state index contributed by atoms with van der Waals surface area (Å²) >= 11 is 1.80. The smallest absolute Gasteiger partial charge is 0.230 e. The van der Waals surface area contributed by atoms with Gasteiger partial charge in [-0.25, -0.2) is 0 Å². The van der Waals surface area contributed by atoms with Gasteiger partial charge in [0.05, 0.1) is 17.9 Å². The molecular weight excluding hydrogens is 186 g/mol. The van der Waals surface area contributed by atoms with Crippen LogP contribution in [0.2, 0.25) is 0 Å². The first-order valence-electron chi connectivity index (χ1n) is 4.66. The van der Waals surface area contributed by atoms with Crippen LogP contribution in [0.4, 0.5) is 0 Å². The van der Waals surface area contributed by atoms with Gasteiger partial charge in [0.15, 0.2) is 0 Å².